The first-order chi connectivity index (χ1) is 12.5. The van der Waals surface area contributed by atoms with E-state index in [1.54, 1.807) is 32.0 Å². The summed E-state index contributed by atoms with van der Waals surface area (Å²) in [6.45, 7) is 3.04. The Balaban J connectivity index is 2.28. The van der Waals surface area contributed by atoms with Crippen molar-refractivity contribution in [3.8, 4) is 0 Å². The van der Waals surface area contributed by atoms with Crippen LogP contribution in [0.2, 0.25) is 0 Å². The number of sulfonamides is 1. The number of benzene rings is 2. The maximum absolute atomic E-state index is 12.4. The minimum atomic E-state index is -3.72. The number of hydrogen-bond acceptors (Lipinski definition) is 5. The highest BCUT2D eigenvalue weighted by Gasteiger charge is 2.22. The van der Waals surface area contributed by atoms with E-state index in [0.717, 1.165) is 20.6 Å². The Bertz CT molecular complexity index is 1010. The zero-order chi connectivity index (χ0) is 20.4. The molecule has 144 valence electrons. The summed E-state index contributed by atoms with van der Waals surface area (Å²) in [5, 5.41) is 13.5. The number of nitrogens with zero attached hydrogens (tertiary/aromatic N) is 2. The van der Waals surface area contributed by atoms with Gasteiger partial charge in [-0.3, -0.25) is 19.2 Å². The summed E-state index contributed by atoms with van der Waals surface area (Å²) in [5.74, 6) is -0.607. The fourth-order valence-corrected chi connectivity index (χ4v) is 3.46. The molecular weight excluding hydrogens is 438 g/mol. The number of halogens is 1. The van der Waals surface area contributed by atoms with Crippen molar-refractivity contribution in [2.45, 2.75) is 13.8 Å². The van der Waals surface area contributed by atoms with Gasteiger partial charge in [-0.25, -0.2) is 8.42 Å². The largest absolute Gasteiger partial charge is 0.324 e. The zero-order valence-corrected chi connectivity index (χ0v) is 17.3. The van der Waals surface area contributed by atoms with Gasteiger partial charge in [0.05, 0.1) is 22.6 Å². The van der Waals surface area contributed by atoms with Gasteiger partial charge in [0.2, 0.25) is 15.9 Å². The van der Waals surface area contributed by atoms with Crippen LogP contribution < -0.4 is 9.62 Å². The maximum atomic E-state index is 12.4. The SMILES string of the molecule is Cc1cc(N(CC(=O)Nc2cc([N+](=O)[O-])ccc2C)S(C)(=O)=O)ccc1Br. The first kappa shape index (κ1) is 20.8. The summed E-state index contributed by atoms with van der Waals surface area (Å²) >= 11 is 3.35. The summed E-state index contributed by atoms with van der Waals surface area (Å²) in [7, 11) is -3.72. The Kier molecular flexibility index (Phi) is 6.22. The lowest BCUT2D eigenvalue weighted by molar-refractivity contribution is -0.384. The number of aryl methyl sites for hydroxylation is 2. The van der Waals surface area contributed by atoms with E-state index < -0.39 is 27.4 Å². The van der Waals surface area contributed by atoms with E-state index in [4.69, 9.17) is 0 Å². The van der Waals surface area contributed by atoms with E-state index in [-0.39, 0.29) is 11.4 Å². The van der Waals surface area contributed by atoms with Crippen LogP contribution in [0.3, 0.4) is 0 Å². The van der Waals surface area contributed by atoms with Gasteiger partial charge in [-0.05, 0) is 43.2 Å². The lowest BCUT2D eigenvalue weighted by Gasteiger charge is -2.22. The normalized spacial score (nSPS) is 11.1. The predicted molar refractivity (Wildman–Crippen MR) is 108 cm³/mol. The number of nitrogens with one attached hydrogen (secondary N) is 1. The van der Waals surface area contributed by atoms with Gasteiger partial charge in [-0.15, -0.1) is 0 Å². The molecule has 0 saturated carbocycles. The number of rotatable bonds is 6. The second kappa shape index (κ2) is 8.05. The van der Waals surface area contributed by atoms with Crippen LogP contribution >= 0.6 is 15.9 Å². The quantitative estimate of drug-likeness (QED) is 0.530. The molecule has 0 aromatic heterocycles. The molecule has 0 atom stereocenters. The molecule has 0 heterocycles. The second-order valence-corrected chi connectivity index (χ2v) is 8.77. The van der Waals surface area contributed by atoms with Crippen LogP contribution in [0.5, 0.6) is 0 Å². The van der Waals surface area contributed by atoms with Crippen LogP contribution in [0, 0.1) is 24.0 Å². The highest BCUT2D eigenvalue weighted by Crippen LogP contribution is 2.25. The fraction of sp³-hybridized carbons (Fsp3) is 0.235. The van der Waals surface area contributed by atoms with Crippen LogP contribution in [0.15, 0.2) is 40.9 Å². The molecule has 1 N–H and O–H groups in total. The van der Waals surface area contributed by atoms with Crippen molar-refractivity contribution in [2.75, 3.05) is 22.4 Å². The van der Waals surface area contributed by atoms with Crippen molar-refractivity contribution in [1.29, 1.82) is 0 Å². The molecule has 2 aromatic carbocycles. The van der Waals surface area contributed by atoms with Crippen LogP contribution in [0.1, 0.15) is 11.1 Å². The smallest absolute Gasteiger partial charge is 0.271 e. The van der Waals surface area contributed by atoms with Gasteiger partial charge in [-0.1, -0.05) is 22.0 Å². The third kappa shape index (κ3) is 5.27. The first-order valence-corrected chi connectivity index (χ1v) is 10.4. The van der Waals surface area contributed by atoms with E-state index in [2.05, 4.69) is 21.2 Å². The van der Waals surface area contributed by atoms with Gasteiger partial charge in [0.25, 0.3) is 5.69 Å². The van der Waals surface area contributed by atoms with Crippen molar-refractivity contribution < 1.29 is 18.1 Å². The number of anilines is 2. The number of carbonyl (C=O) groups is 1. The number of carbonyl (C=O) groups excluding carboxylic acids is 1. The molecule has 27 heavy (non-hydrogen) atoms. The zero-order valence-electron chi connectivity index (χ0n) is 14.9. The van der Waals surface area contributed by atoms with Gasteiger partial charge in [0.15, 0.2) is 0 Å². The minimum Gasteiger partial charge on any atom is -0.324 e. The summed E-state index contributed by atoms with van der Waals surface area (Å²) in [6, 6.07) is 9.02. The Morgan fingerprint density at radius 1 is 1.19 bits per heavy atom. The summed E-state index contributed by atoms with van der Waals surface area (Å²) < 4.78 is 26.1. The molecule has 0 bridgehead atoms. The van der Waals surface area contributed by atoms with E-state index in [1.165, 1.54) is 18.2 Å². The standard InChI is InChI=1S/C17H18BrN3O5S/c1-11-4-5-14(21(23)24)9-16(11)19-17(22)10-20(27(3,25)26)13-6-7-15(18)12(2)8-13/h4-9H,10H2,1-3H3,(H,19,22). The third-order valence-corrected chi connectivity index (χ3v) is 5.85. The lowest BCUT2D eigenvalue weighted by atomic mass is 10.2. The Labute approximate surface area is 165 Å². The summed E-state index contributed by atoms with van der Waals surface area (Å²) in [6.07, 6.45) is 1.01. The summed E-state index contributed by atoms with van der Waals surface area (Å²) in [5.41, 5.74) is 1.88. The van der Waals surface area contributed by atoms with Gasteiger partial charge in [0.1, 0.15) is 6.54 Å². The molecule has 0 aliphatic rings. The highest BCUT2D eigenvalue weighted by molar-refractivity contribution is 9.10. The van der Waals surface area contributed by atoms with Crippen LogP contribution in [0.4, 0.5) is 17.1 Å². The van der Waals surface area contributed by atoms with Crippen molar-refractivity contribution >= 4 is 48.9 Å². The molecule has 2 rings (SSSR count). The average molecular weight is 456 g/mol. The van der Waals surface area contributed by atoms with Crippen molar-refractivity contribution in [2.24, 2.45) is 0 Å². The predicted octanol–water partition coefficient (Wildman–Crippen LogP) is 3.38. The number of nitro benzene ring substituents is 1. The first-order valence-electron chi connectivity index (χ1n) is 7.78. The molecule has 0 aliphatic carbocycles. The number of nitro groups is 1. The molecule has 0 unspecified atom stereocenters. The number of hydrogen-bond donors (Lipinski definition) is 1. The molecule has 8 nitrogen and oxygen atoms in total. The number of non-ortho nitro benzene ring substituents is 1. The van der Waals surface area contributed by atoms with Crippen molar-refractivity contribution in [3.63, 3.8) is 0 Å². The van der Waals surface area contributed by atoms with Crippen LogP contribution in [0.25, 0.3) is 0 Å². The summed E-state index contributed by atoms with van der Waals surface area (Å²) in [4.78, 5) is 22.8. The average Bonchev–Trinajstić information content (AvgIpc) is 2.56. The third-order valence-electron chi connectivity index (χ3n) is 3.82. The lowest BCUT2D eigenvalue weighted by Crippen LogP contribution is -2.37. The minimum absolute atomic E-state index is 0.167. The van der Waals surface area contributed by atoms with Crippen LogP contribution in [-0.2, 0) is 14.8 Å². The topological polar surface area (TPSA) is 110 Å². The molecular formula is C17H18BrN3O5S. The Morgan fingerprint density at radius 2 is 1.85 bits per heavy atom. The Hall–Kier alpha value is -2.46. The van der Waals surface area contributed by atoms with Gasteiger partial charge < -0.3 is 5.32 Å². The van der Waals surface area contributed by atoms with Crippen molar-refractivity contribution in [1.82, 2.24) is 0 Å². The Morgan fingerprint density at radius 3 is 2.41 bits per heavy atom. The van der Waals surface area contributed by atoms with E-state index in [1.807, 2.05) is 0 Å². The molecule has 10 heteroatoms. The van der Waals surface area contributed by atoms with E-state index in [0.29, 0.717) is 11.3 Å². The van der Waals surface area contributed by atoms with Gasteiger partial charge in [-0.2, -0.15) is 0 Å². The monoisotopic (exact) mass is 455 g/mol. The van der Waals surface area contributed by atoms with E-state index in [9.17, 15) is 23.3 Å². The highest BCUT2D eigenvalue weighted by atomic mass is 79.9. The van der Waals surface area contributed by atoms with E-state index >= 15 is 0 Å². The van der Waals surface area contributed by atoms with Gasteiger partial charge >= 0.3 is 0 Å². The molecule has 1 amide bonds. The second-order valence-electron chi connectivity index (χ2n) is 6.01. The maximum Gasteiger partial charge on any atom is 0.271 e. The number of amides is 1. The van der Waals surface area contributed by atoms with Crippen LogP contribution in [-0.4, -0.2) is 32.0 Å². The molecule has 0 radical (unpaired) electrons. The molecule has 0 aliphatic heterocycles. The molecule has 0 spiro atoms. The molecule has 0 saturated heterocycles. The van der Waals surface area contributed by atoms with Crippen molar-refractivity contribution in [3.05, 3.63) is 62.1 Å². The molecule has 2 aromatic rings. The molecule has 0 fully saturated rings. The van der Waals surface area contributed by atoms with Gasteiger partial charge in [0, 0.05) is 16.6 Å². The fourth-order valence-electron chi connectivity index (χ4n) is 2.36.